The molecule has 0 saturated carbocycles. The van der Waals surface area contributed by atoms with Gasteiger partial charge in [0, 0.05) is 37.5 Å². The van der Waals surface area contributed by atoms with E-state index in [0.717, 1.165) is 46.8 Å². The molecule has 28 heavy (non-hydrogen) atoms. The van der Waals surface area contributed by atoms with Gasteiger partial charge in [-0.3, -0.25) is 0 Å². The second-order valence-corrected chi connectivity index (χ2v) is 6.85. The van der Waals surface area contributed by atoms with Gasteiger partial charge in [0.25, 0.3) is 0 Å². The number of nitrogens with zero attached hydrogens (tertiary/aromatic N) is 5. The third-order valence-corrected chi connectivity index (χ3v) is 5.11. The van der Waals surface area contributed by atoms with Crippen LogP contribution in [-0.4, -0.2) is 64.8 Å². The molecule has 8 heteroatoms. The van der Waals surface area contributed by atoms with Crippen molar-refractivity contribution in [3.63, 3.8) is 0 Å². The summed E-state index contributed by atoms with van der Waals surface area (Å²) in [5.74, 6) is 0.719. The van der Waals surface area contributed by atoms with Crippen LogP contribution in [-0.2, 0) is 16.0 Å². The summed E-state index contributed by atoms with van der Waals surface area (Å²) in [6, 6.07) is 8.41. The largest absolute Gasteiger partial charge is 0.383 e. The predicted molar refractivity (Wildman–Crippen MR) is 108 cm³/mol. The lowest BCUT2D eigenvalue weighted by Gasteiger charge is -2.27. The van der Waals surface area contributed by atoms with Crippen LogP contribution in [0.2, 0.25) is 0 Å². The van der Waals surface area contributed by atoms with Crippen LogP contribution >= 0.6 is 0 Å². The first-order valence-corrected chi connectivity index (χ1v) is 9.46. The smallest absolute Gasteiger partial charge is 0.228 e. The van der Waals surface area contributed by atoms with Gasteiger partial charge in [0.1, 0.15) is 0 Å². The monoisotopic (exact) mass is 378 g/mol. The Morgan fingerprint density at radius 3 is 2.93 bits per heavy atom. The zero-order valence-corrected chi connectivity index (χ0v) is 15.8. The van der Waals surface area contributed by atoms with E-state index in [0.29, 0.717) is 26.4 Å². The molecule has 3 aromatic heterocycles. The second kappa shape index (κ2) is 7.21. The van der Waals surface area contributed by atoms with Crippen molar-refractivity contribution in [2.24, 2.45) is 0 Å². The summed E-state index contributed by atoms with van der Waals surface area (Å²) in [6.45, 7) is 4.17. The first-order chi connectivity index (χ1) is 13.8. The number of aromatic amines is 1. The molecule has 1 aliphatic heterocycles. The minimum Gasteiger partial charge on any atom is -0.383 e. The highest BCUT2D eigenvalue weighted by Gasteiger charge is 2.20. The number of morpholine rings is 1. The number of benzene rings is 1. The lowest BCUT2D eigenvalue weighted by atomic mass is 10.1. The number of nitrogens with one attached hydrogen (secondary N) is 1. The van der Waals surface area contributed by atoms with Gasteiger partial charge in [-0.05, 0) is 17.5 Å². The van der Waals surface area contributed by atoms with Crippen LogP contribution in [0.3, 0.4) is 0 Å². The van der Waals surface area contributed by atoms with Gasteiger partial charge in [0.05, 0.1) is 43.6 Å². The van der Waals surface area contributed by atoms with Crippen molar-refractivity contribution >= 4 is 27.9 Å². The average molecular weight is 378 g/mol. The molecule has 1 aliphatic rings. The number of rotatable bonds is 5. The van der Waals surface area contributed by atoms with Crippen molar-refractivity contribution in [2.75, 3.05) is 44.9 Å². The zero-order chi connectivity index (χ0) is 18.9. The fraction of sp³-hybridized carbons (Fsp3) is 0.350. The number of hydrogen-bond donors (Lipinski definition) is 1. The molecular formula is C20H22N6O2. The Morgan fingerprint density at radius 1 is 1.18 bits per heavy atom. The molecule has 1 fully saturated rings. The van der Waals surface area contributed by atoms with Crippen LogP contribution < -0.4 is 4.90 Å². The van der Waals surface area contributed by atoms with E-state index in [-0.39, 0.29) is 0 Å². The molecule has 1 saturated heterocycles. The van der Waals surface area contributed by atoms with Gasteiger partial charge in [0.15, 0.2) is 5.65 Å². The summed E-state index contributed by atoms with van der Waals surface area (Å²) >= 11 is 0. The average Bonchev–Trinajstić information content (AvgIpc) is 3.38. The normalized spacial score (nSPS) is 15.0. The Kier molecular flexibility index (Phi) is 4.42. The van der Waals surface area contributed by atoms with Gasteiger partial charge in [0.2, 0.25) is 5.95 Å². The molecule has 0 atom stereocenters. The number of ether oxygens (including phenoxy) is 2. The van der Waals surface area contributed by atoms with E-state index in [9.17, 15) is 0 Å². The standard InChI is InChI=1S/C20H22N6O2/c1-27-9-8-26-19-16(13-22-26)18(15-3-2-14-4-5-21-17(14)12-15)23-20(24-19)25-6-10-28-11-7-25/h2-5,12-13,21H,6-11H2,1H3. The van der Waals surface area contributed by atoms with Crippen LogP contribution in [0.4, 0.5) is 5.95 Å². The summed E-state index contributed by atoms with van der Waals surface area (Å²) in [5, 5.41) is 6.66. The summed E-state index contributed by atoms with van der Waals surface area (Å²) in [4.78, 5) is 15.2. The highest BCUT2D eigenvalue weighted by atomic mass is 16.5. The molecule has 144 valence electrons. The minimum absolute atomic E-state index is 0.581. The highest BCUT2D eigenvalue weighted by molar-refractivity contribution is 5.94. The Morgan fingerprint density at radius 2 is 2.07 bits per heavy atom. The molecule has 0 spiro atoms. The van der Waals surface area contributed by atoms with Gasteiger partial charge in [-0.1, -0.05) is 12.1 Å². The fourth-order valence-electron chi connectivity index (χ4n) is 3.61. The first-order valence-electron chi connectivity index (χ1n) is 9.46. The molecule has 4 aromatic rings. The lowest BCUT2D eigenvalue weighted by molar-refractivity contribution is 0.122. The Labute approximate surface area is 162 Å². The molecule has 1 aromatic carbocycles. The molecule has 0 aliphatic carbocycles. The van der Waals surface area contributed by atoms with E-state index in [4.69, 9.17) is 19.4 Å². The molecule has 0 radical (unpaired) electrons. The van der Waals surface area contributed by atoms with Crippen LogP contribution in [0.15, 0.2) is 36.7 Å². The summed E-state index contributed by atoms with van der Waals surface area (Å²) in [7, 11) is 1.69. The van der Waals surface area contributed by atoms with E-state index in [1.165, 1.54) is 5.39 Å². The zero-order valence-electron chi connectivity index (χ0n) is 15.8. The van der Waals surface area contributed by atoms with E-state index in [1.54, 1.807) is 7.11 Å². The van der Waals surface area contributed by atoms with E-state index < -0.39 is 0 Å². The van der Waals surface area contributed by atoms with Crippen LogP contribution in [0, 0.1) is 0 Å². The highest BCUT2D eigenvalue weighted by Crippen LogP contribution is 2.30. The van der Waals surface area contributed by atoms with E-state index >= 15 is 0 Å². The van der Waals surface area contributed by atoms with Crippen LogP contribution in [0.25, 0.3) is 33.2 Å². The summed E-state index contributed by atoms with van der Waals surface area (Å²) in [5.41, 5.74) is 3.86. The molecule has 8 nitrogen and oxygen atoms in total. The van der Waals surface area contributed by atoms with Crippen molar-refractivity contribution in [1.82, 2.24) is 24.7 Å². The van der Waals surface area contributed by atoms with Crippen molar-refractivity contribution in [2.45, 2.75) is 6.54 Å². The summed E-state index contributed by atoms with van der Waals surface area (Å²) in [6.07, 6.45) is 3.80. The quantitative estimate of drug-likeness (QED) is 0.575. The molecular weight excluding hydrogens is 356 g/mol. The lowest BCUT2D eigenvalue weighted by Crippen LogP contribution is -2.37. The Bertz CT molecular complexity index is 1110. The molecule has 0 bridgehead atoms. The van der Waals surface area contributed by atoms with Crippen LogP contribution in [0.5, 0.6) is 0 Å². The van der Waals surface area contributed by atoms with Crippen molar-refractivity contribution in [3.05, 3.63) is 36.7 Å². The number of H-pyrrole nitrogens is 1. The van der Waals surface area contributed by atoms with Gasteiger partial charge in [-0.2, -0.15) is 10.1 Å². The number of anilines is 1. The SMILES string of the molecule is COCCn1ncc2c(-c3ccc4cc[nH]c4c3)nc(N3CCOCC3)nc21. The van der Waals surface area contributed by atoms with Crippen molar-refractivity contribution < 1.29 is 9.47 Å². The maximum absolute atomic E-state index is 5.49. The van der Waals surface area contributed by atoms with Crippen molar-refractivity contribution in [3.8, 4) is 11.3 Å². The fourth-order valence-corrected chi connectivity index (χ4v) is 3.61. The first kappa shape index (κ1) is 17.2. The van der Waals surface area contributed by atoms with Crippen molar-refractivity contribution in [1.29, 1.82) is 0 Å². The van der Waals surface area contributed by atoms with E-state index in [2.05, 4.69) is 39.2 Å². The molecule has 0 amide bonds. The summed E-state index contributed by atoms with van der Waals surface area (Å²) < 4.78 is 12.6. The molecule has 5 rings (SSSR count). The topological polar surface area (TPSA) is 81.1 Å². The second-order valence-electron chi connectivity index (χ2n) is 6.85. The van der Waals surface area contributed by atoms with Crippen LogP contribution in [0.1, 0.15) is 0 Å². The predicted octanol–water partition coefficient (Wildman–Crippen LogP) is 2.46. The van der Waals surface area contributed by atoms with E-state index in [1.807, 2.05) is 17.1 Å². The number of aromatic nitrogens is 5. The Hall–Kier alpha value is -2.97. The Balaban J connectivity index is 1.67. The van der Waals surface area contributed by atoms with Gasteiger partial charge in [-0.25, -0.2) is 9.67 Å². The third-order valence-electron chi connectivity index (χ3n) is 5.11. The number of hydrogen-bond acceptors (Lipinski definition) is 6. The maximum Gasteiger partial charge on any atom is 0.228 e. The third kappa shape index (κ3) is 3.00. The molecule has 4 heterocycles. The molecule has 1 N–H and O–H groups in total. The minimum atomic E-state index is 0.581. The van der Waals surface area contributed by atoms with Gasteiger partial charge < -0.3 is 19.4 Å². The van der Waals surface area contributed by atoms with Gasteiger partial charge in [-0.15, -0.1) is 0 Å². The number of fused-ring (bicyclic) bond motifs is 2. The van der Waals surface area contributed by atoms with Gasteiger partial charge >= 0.3 is 0 Å². The molecule has 0 unspecified atom stereocenters. The number of methoxy groups -OCH3 is 1. The maximum atomic E-state index is 5.49.